The maximum Gasteiger partial charge on any atom is 0.416 e. The number of aryl methyl sites for hydroxylation is 1. The van der Waals surface area contributed by atoms with E-state index in [1.807, 2.05) is 30.3 Å². The number of hydrogen-bond acceptors (Lipinski definition) is 1. The zero-order valence-electron chi connectivity index (χ0n) is 13.8. The van der Waals surface area contributed by atoms with Crippen LogP contribution in [0.4, 0.5) is 13.2 Å². The molecule has 2 rings (SSSR count). The molecule has 1 nitrogen and oxygen atoms in total. The number of hydrogen-bond donors (Lipinski definition) is 0. The van der Waals surface area contributed by atoms with Crippen molar-refractivity contribution in [2.75, 3.05) is 0 Å². The molecule has 0 aromatic heterocycles. The summed E-state index contributed by atoms with van der Waals surface area (Å²) in [6.45, 7) is 7.36. The van der Waals surface area contributed by atoms with Gasteiger partial charge >= 0.3 is 6.18 Å². The van der Waals surface area contributed by atoms with Gasteiger partial charge in [0.1, 0.15) is 12.4 Å². The average molecular weight is 322 g/mol. The van der Waals surface area contributed by atoms with E-state index in [4.69, 9.17) is 4.74 Å². The highest BCUT2D eigenvalue weighted by Gasteiger charge is 2.37. The molecule has 0 fully saturated rings. The lowest BCUT2D eigenvalue weighted by Crippen LogP contribution is -2.20. The third-order valence-electron chi connectivity index (χ3n) is 3.67. The highest BCUT2D eigenvalue weighted by molar-refractivity contribution is 5.46. The zero-order chi connectivity index (χ0) is 17.3. The first-order valence-corrected chi connectivity index (χ1v) is 7.48. The number of rotatable bonds is 3. The topological polar surface area (TPSA) is 9.23 Å². The fourth-order valence-corrected chi connectivity index (χ4v) is 2.43. The molecule has 0 saturated heterocycles. The van der Waals surface area contributed by atoms with Crippen LogP contribution in [0, 0.1) is 6.92 Å². The fraction of sp³-hybridized carbons (Fsp3) is 0.368. The van der Waals surface area contributed by atoms with Crippen molar-refractivity contribution in [3.63, 3.8) is 0 Å². The molecule has 0 atom stereocenters. The normalized spacial score (nSPS) is 12.3. The molecular weight excluding hydrogens is 301 g/mol. The van der Waals surface area contributed by atoms with Gasteiger partial charge in [0, 0.05) is 0 Å². The van der Waals surface area contributed by atoms with Crippen LogP contribution in [0.15, 0.2) is 42.5 Å². The highest BCUT2D eigenvalue weighted by atomic mass is 19.4. The Kier molecular flexibility index (Phi) is 4.73. The molecule has 2 aromatic rings. The lowest BCUT2D eigenvalue weighted by molar-refractivity contribution is -0.138. The molecule has 0 spiro atoms. The second-order valence-electron chi connectivity index (χ2n) is 6.69. The van der Waals surface area contributed by atoms with Crippen LogP contribution >= 0.6 is 0 Å². The zero-order valence-corrected chi connectivity index (χ0v) is 13.8. The molecule has 0 N–H and O–H groups in total. The third-order valence-corrected chi connectivity index (χ3v) is 3.67. The quantitative estimate of drug-likeness (QED) is 0.684. The van der Waals surface area contributed by atoms with Crippen LogP contribution in [-0.2, 0) is 18.2 Å². The summed E-state index contributed by atoms with van der Waals surface area (Å²) in [5.74, 6) is 0.272. The van der Waals surface area contributed by atoms with Crippen LogP contribution in [0.1, 0.15) is 43.0 Å². The summed E-state index contributed by atoms with van der Waals surface area (Å²) in [7, 11) is 0. The van der Waals surface area contributed by atoms with Gasteiger partial charge in [0.2, 0.25) is 0 Å². The molecular formula is C19H21F3O. The van der Waals surface area contributed by atoms with Gasteiger partial charge in [0.25, 0.3) is 0 Å². The smallest absolute Gasteiger partial charge is 0.416 e. The van der Waals surface area contributed by atoms with Gasteiger partial charge in [0.05, 0.1) is 5.56 Å². The second-order valence-corrected chi connectivity index (χ2v) is 6.69. The molecule has 0 saturated carbocycles. The van der Waals surface area contributed by atoms with E-state index in [0.29, 0.717) is 5.56 Å². The van der Waals surface area contributed by atoms with Crippen molar-refractivity contribution < 1.29 is 17.9 Å². The molecule has 0 heterocycles. The van der Waals surface area contributed by atoms with E-state index in [9.17, 15) is 13.2 Å². The predicted octanol–water partition coefficient (Wildman–Crippen LogP) is 5.89. The van der Waals surface area contributed by atoms with Gasteiger partial charge in [-0.2, -0.15) is 13.2 Å². The fourth-order valence-electron chi connectivity index (χ4n) is 2.43. The number of ether oxygens (including phenoxy) is 1. The third kappa shape index (κ3) is 4.27. The van der Waals surface area contributed by atoms with Crippen LogP contribution in [0.25, 0.3) is 0 Å². The largest absolute Gasteiger partial charge is 0.489 e. The molecule has 0 aliphatic carbocycles. The van der Waals surface area contributed by atoms with E-state index in [-0.39, 0.29) is 17.9 Å². The Morgan fingerprint density at radius 3 is 2.04 bits per heavy atom. The highest BCUT2D eigenvalue weighted by Crippen LogP contribution is 2.40. The Balaban J connectivity index is 2.38. The van der Waals surface area contributed by atoms with Gasteiger partial charge in [-0.3, -0.25) is 0 Å². The lowest BCUT2D eigenvalue weighted by Gasteiger charge is -2.26. The van der Waals surface area contributed by atoms with Crippen LogP contribution < -0.4 is 4.74 Å². The Bertz CT molecular complexity index is 667. The van der Waals surface area contributed by atoms with Crippen LogP contribution in [-0.4, -0.2) is 0 Å². The summed E-state index contributed by atoms with van der Waals surface area (Å²) in [5, 5.41) is 0. The van der Waals surface area contributed by atoms with E-state index in [2.05, 4.69) is 0 Å². The number of halogens is 3. The Hall–Kier alpha value is -1.97. The van der Waals surface area contributed by atoms with E-state index in [1.54, 1.807) is 33.8 Å². The molecule has 2 aromatic carbocycles. The molecule has 0 radical (unpaired) electrons. The second kappa shape index (κ2) is 6.26. The summed E-state index contributed by atoms with van der Waals surface area (Å²) >= 11 is 0. The first kappa shape index (κ1) is 17.4. The summed E-state index contributed by atoms with van der Waals surface area (Å²) in [5.41, 5.74) is 0.695. The van der Waals surface area contributed by atoms with Crippen molar-refractivity contribution in [2.24, 2.45) is 0 Å². The van der Waals surface area contributed by atoms with Gasteiger partial charge < -0.3 is 4.74 Å². The Morgan fingerprint density at radius 1 is 0.913 bits per heavy atom. The van der Waals surface area contributed by atoms with Gasteiger partial charge in [0.15, 0.2) is 0 Å². The van der Waals surface area contributed by atoms with Gasteiger partial charge in [-0.15, -0.1) is 0 Å². The standard InChI is InChI=1S/C19H21F3O/c1-13-10-15(18(2,3)4)16(19(20,21)22)11-17(13)23-12-14-8-6-5-7-9-14/h5-11H,12H2,1-4H3. The molecule has 124 valence electrons. The molecule has 0 amide bonds. The summed E-state index contributed by atoms with van der Waals surface area (Å²) in [6, 6.07) is 12.1. The van der Waals surface area contributed by atoms with Crippen LogP contribution in [0.3, 0.4) is 0 Å². The van der Waals surface area contributed by atoms with E-state index >= 15 is 0 Å². The molecule has 0 unspecified atom stereocenters. The van der Waals surface area contributed by atoms with Crippen molar-refractivity contribution in [3.8, 4) is 5.75 Å². The first-order chi connectivity index (χ1) is 10.6. The molecule has 0 bridgehead atoms. The summed E-state index contributed by atoms with van der Waals surface area (Å²) in [6.07, 6.45) is -4.40. The summed E-state index contributed by atoms with van der Waals surface area (Å²) in [4.78, 5) is 0. The predicted molar refractivity (Wildman–Crippen MR) is 85.7 cm³/mol. The minimum atomic E-state index is -4.40. The number of benzene rings is 2. The summed E-state index contributed by atoms with van der Waals surface area (Å²) < 4.78 is 45.8. The van der Waals surface area contributed by atoms with Crippen molar-refractivity contribution in [3.05, 3.63) is 64.7 Å². The maximum atomic E-state index is 13.4. The SMILES string of the molecule is Cc1cc(C(C)(C)C)c(C(F)(F)F)cc1OCc1ccccc1. The molecule has 4 heteroatoms. The van der Waals surface area contributed by atoms with Crippen molar-refractivity contribution in [2.45, 2.75) is 45.9 Å². The van der Waals surface area contributed by atoms with Gasteiger partial charge in [-0.25, -0.2) is 0 Å². The van der Waals surface area contributed by atoms with E-state index in [1.165, 1.54) is 0 Å². The molecule has 0 aliphatic rings. The lowest BCUT2D eigenvalue weighted by atomic mass is 9.82. The Labute approximate surface area is 135 Å². The van der Waals surface area contributed by atoms with Gasteiger partial charge in [-0.05, 0) is 35.1 Å². The minimum absolute atomic E-state index is 0.244. The van der Waals surface area contributed by atoms with E-state index in [0.717, 1.165) is 11.6 Å². The van der Waals surface area contributed by atoms with Crippen molar-refractivity contribution in [1.82, 2.24) is 0 Å². The van der Waals surface area contributed by atoms with Crippen molar-refractivity contribution in [1.29, 1.82) is 0 Å². The maximum absolute atomic E-state index is 13.4. The Morgan fingerprint density at radius 2 is 1.52 bits per heavy atom. The monoisotopic (exact) mass is 322 g/mol. The minimum Gasteiger partial charge on any atom is -0.489 e. The first-order valence-electron chi connectivity index (χ1n) is 7.48. The van der Waals surface area contributed by atoms with Crippen LogP contribution in [0.2, 0.25) is 0 Å². The molecule has 0 aliphatic heterocycles. The van der Waals surface area contributed by atoms with Gasteiger partial charge in [-0.1, -0.05) is 57.2 Å². The average Bonchev–Trinajstić information content (AvgIpc) is 2.44. The molecule has 23 heavy (non-hydrogen) atoms. The van der Waals surface area contributed by atoms with E-state index < -0.39 is 17.2 Å². The van der Waals surface area contributed by atoms with Crippen LogP contribution in [0.5, 0.6) is 5.75 Å². The number of alkyl halides is 3. The van der Waals surface area contributed by atoms with Crippen molar-refractivity contribution >= 4 is 0 Å².